The molecule has 0 spiro atoms. The Morgan fingerprint density at radius 2 is 2.21 bits per heavy atom. The van der Waals surface area contributed by atoms with Crippen LogP contribution < -0.4 is 10.1 Å². The van der Waals surface area contributed by atoms with Gasteiger partial charge in [0.2, 0.25) is 0 Å². The van der Waals surface area contributed by atoms with Crippen LogP contribution in [0.15, 0.2) is 23.6 Å². The van der Waals surface area contributed by atoms with E-state index in [1.165, 1.54) is 9.75 Å². The maximum Gasteiger partial charge on any atom is 0.134 e. The summed E-state index contributed by atoms with van der Waals surface area (Å²) in [4.78, 5) is 2.56. The van der Waals surface area contributed by atoms with Gasteiger partial charge >= 0.3 is 0 Å². The van der Waals surface area contributed by atoms with E-state index in [1.807, 2.05) is 12.1 Å². The van der Waals surface area contributed by atoms with Gasteiger partial charge in [0, 0.05) is 11.3 Å². The minimum Gasteiger partial charge on any atom is -0.496 e. The zero-order valence-electron chi connectivity index (χ0n) is 11.1. The highest BCUT2D eigenvalue weighted by Gasteiger charge is 2.18. The summed E-state index contributed by atoms with van der Waals surface area (Å²) in [6, 6.07) is 6.39. The molecule has 19 heavy (non-hydrogen) atoms. The van der Waals surface area contributed by atoms with Crippen molar-refractivity contribution in [3.8, 4) is 5.75 Å². The summed E-state index contributed by atoms with van der Waals surface area (Å²) in [6.07, 6.45) is 2.07. The molecule has 0 aromatic carbocycles. The number of ether oxygens (including phenoxy) is 1. The summed E-state index contributed by atoms with van der Waals surface area (Å²) in [5, 5.41) is 5.68. The minimum absolute atomic E-state index is 0.296. The Kier molecular flexibility index (Phi) is 5.70. The molecule has 0 saturated heterocycles. The molecule has 0 aliphatic heterocycles. The predicted molar refractivity (Wildman–Crippen MR) is 84.9 cm³/mol. The highest BCUT2D eigenvalue weighted by molar-refractivity contribution is 7.16. The number of halogens is 1. The molecule has 2 rings (SSSR count). The molecular weight excluding hydrogens is 298 g/mol. The summed E-state index contributed by atoms with van der Waals surface area (Å²) < 4.78 is 6.29. The Morgan fingerprint density at radius 1 is 1.37 bits per heavy atom. The van der Waals surface area contributed by atoms with Crippen molar-refractivity contribution in [3.05, 3.63) is 37.7 Å². The zero-order valence-corrected chi connectivity index (χ0v) is 13.5. The summed E-state index contributed by atoms with van der Waals surface area (Å²) in [5.41, 5.74) is 0. The van der Waals surface area contributed by atoms with E-state index in [0.29, 0.717) is 6.04 Å². The van der Waals surface area contributed by atoms with Crippen LogP contribution in [-0.4, -0.2) is 13.7 Å². The van der Waals surface area contributed by atoms with Crippen molar-refractivity contribution < 1.29 is 4.74 Å². The fraction of sp³-hybridized carbons (Fsp3) is 0.429. The number of thiophene rings is 2. The molecule has 2 heterocycles. The van der Waals surface area contributed by atoms with Gasteiger partial charge in [0.05, 0.1) is 22.4 Å². The van der Waals surface area contributed by atoms with Crippen LogP contribution in [0.2, 0.25) is 4.34 Å². The SMILES string of the molecule is CCCNC(Cc1ccc(Cl)s1)c1sccc1OC. The average Bonchev–Trinajstić information content (AvgIpc) is 3.03. The topological polar surface area (TPSA) is 21.3 Å². The molecular formula is C14H18ClNOS2. The molecule has 0 bridgehead atoms. The average molecular weight is 316 g/mol. The Morgan fingerprint density at radius 3 is 2.84 bits per heavy atom. The van der Waals surface area contributed by atoms with E-state index < -0.39 is 0 Å². The van der Waals surface area contributed by atoms with Gasteiger partial charge in [-0.05, 0) is 36.5 Å². The summed E-state index contributed by atoms with van der Waals surface area (Å²) in [7, 11) is 1.73. The van der Waals surface area contributed by atoms with Crippen molar-refractivity contribution in [2.24, 2.45) is 0 Å². The lowest BCUT2D eigenvalue weighted by molar-refractivity contribution is 0.402. The number of methoxy groups -OCH3 is 1. The van der Waals surface area contributed by atoms with Gasteiger partial charge in [-0.25, -0.2) is 0 Å². The first-order valence-electron chi connectivity index (χ1n) is 6.33. The first-order chi connectivity index (χ1) is 9.24. The van der Waals surface area contributed by atoms with Gasteiger partial charge in [-0.1, -0.05) is 18.5 Å². The van der Waals surface area contributed by atoms with Crippen molar-refractivity contribution in [2.75, 3.05) is 13.7 Å². The first-order valence-corrected chi connectivity index (χ1v) is 8.41. The Hall–Kier alpha value is -0.550. The Bertz CT molecular complexity index is 509. The molecule has 1 unspecified atom stereocenters. The largest absolute Gasteiger partial charge is 0.496 e. The van der Waals surface area contributed by atoms with Crippen LogP contribution in [0.25, 0.3) is 0 Å². The van der Waals surface area contributed by atoms with Crippen LogP contribution in [0.4, 0.5) is 0 Å². The van der Waals surface area contributed by atoms with Crippen LogP contribution in [0.5, 0.6) is 5.75 Å². The quantitative estimate of drug-likeness (QED) is 0.795. The summed E-state index contributed by atoms with van der Waals surface area (Å²) in [5.74, 6) is 0.973. The number of nitrogens with one attached hydrogen (secondary N) is 1. The lowest BCUT2D eigenvalue weighted by Crippen LogP contribution is -2.23. The monoisotopic (exact) mass is 315 g/mol. The third kappa shape index (κ3) is 3.96. The van der Waals surface area contributed by atoms with E-state index in [0.717, 1.165) is 29.5 Å². The van der Waals surface area contributed by atoms with Crippen LogP contribution in [0.1, 0.15) is 29.1 Å². The molecule has 5 heteroatoms. The lowest BCUT2D eigenvalue weighted by Gasteiger charge is -2.17. The van der Waals surface area contributed by atoms with Gasteiger partial charge in [0.25, 0.3) is 0 Å². The second-order valence-electron chi connectivity index (χ2n) is 4.27. The van der Waals surface area contributed by atoms with E-state index in [4.69, 9.17) is 16.3 Å². The highest BCUT2D eigenvalue weighted by atomic mass is 35.5. The van der Waals surface area contributed by atoms with Crippen LogP contribution in [-0.2, 0) is 6.42 Å². The van der Waals surface area contributed by atoms with Gasteiger partial charge in [-0.15, -0.1) is 22.7 Å². The van der Waals surface area contributed by atoms with E-state index in [2.05, 4.69) is 23.7 Å². The molecule has 1 atom stereocenters. The third-order valence-corrected chi connectivity index (χ3v) is 5.13. The van der Waals surface area contributed by atoms with E-state index in [1.54, 1.807) is 29.8 Å². The molecule has 1 N–H and O–H groups in total. The molecule has 2 nitrogen and oxygen atoms in total. The van der Waals surface area contributed by atoms with Crippen molar-refractivity contribution in [1.29, 1.82) is 0 Å². The molecule has 0 aliphatic carbocycles. The highest BCUT2D eigenvalue weighted by Crippen LogP contribution is 2.34. The zero-order chi connectivity index (χ0) is 13.7. The second-order valence-corrected chi connectivity index (χ2v) is 7.02. The normalized spacial score (nSPS) is 12.6. The molecule has 104 valence electrons. The third-order valence-electron chi connectivity index (χ3n) is 2.87. The molecule has 0 fully saturated rings. The van der Waals surface area contributed by atoms with Crippen molar-refractivity contribution in [2.45, 2.75) is 25.8 Å². The summed E-state index contributed by atoms with van der Waals surface area (Å²) >= 11 is 9.40. The number of hydrogen-bond acceptors (Lipinski definition) is 4. The minimum atomic E-state index is 0.296. The first kappa shape index (κ1) is 14.9. The molecule has 2 aromatic heterocycles. The van der Waals surface area contributed by atoms with Crippen LogP contribution >= 0.6 is 34.3 Å². The molecule has 0 amide bonds. The summed E-state index contributed by atoms with van der Waals surface area (Å²) in [6.45, 7) is 3.18. The predicted octanol–water partition coefficient (Wildman–Crippen LogP) is 4.76. The number of rotatable bonds is 7. The Balaban J connectivity index is 2.15. The molecule has 0 radical (unpaired) electrons. The van der Waals surface area contributed by atoms with Crippen molar-refractivity contribution in [3.63, 3.8) is 0 Å². The van der Waals surface area contributed by atoms with Gasteiger partial charge < -0.3 is 10.1 Å². The van der Waals surface area contributed by atoms with Crippen LogP contribution in [0, 0.1) is 0 Å². The van der Waals surface area contributed by atoms with Gasteiger partial charge in [-0.2, -0.15) is 0 Å². The van der Waals surface area contributed by atoms with E-state index in [9.17, 15) is 0 Å². The van der Waals surface area contributed by atoms with Gasteiger partial charge in [0.1, 0.15) is 5.75 Å². The molecule has 2 aromatic rings. The van der Waals surface area contributed by atoms with Gasteiger partial charge in [0.15, 0.2) is 0 Å². The van der Waals surface area contributed by atoms with Crippen molar-refractivity contribution in [1.82, 2.24) is 5.32 Å². The molecule has 0 aliphatic rings. The van der Waals surface area contributed by atoms with Crippen molar-refractivity contribution >= 4 is 34.3 Å². The fourth-order valence-electron chi connectivity index (χ4n) is 1.97. The van der Waals surface area contributed by atoms with E-state index in [-0.39, 0.29) is 0 Å². The maximum atomic E-state index is 6.01. The number of hydrogen-bond donors (Lipinski definition) is 1. The fourth-order valence-corrected chi connectivity index (χ4v) is 4.04. The van der Waals surface area contributed by atoms with E-state index >= 15 is 0 Å². The smallest absolute Gasteiger partial charge is 0.134 e. The Labute approximate surface area is 127 Å². The standard InChI is InChI=1S/C14H18ClNOS2/c1-3-7-16-11(9-10-4-5-13(15)19-10)14-12(17-2)6-8-18-14/h4-6,8,11,16H,3,7,9H2,1-2H3. The second kappa shape index (κ2) is 7.29. The van der Waals surface area contributed by atoms with Crippen LogP contribution in [0.3, 0.4) is 0 Å². The lowest BCUT2D eigenvalue weighted by atomic mass is 10.1. The van der Waals surface area contributed by atoms with Gasteiger partial charge in [-0.3, -0.25) is 0 Å². The molecule has 0 saturated carbocycles. The maximum absolute atomic E-state index is 6.01.